The second-order valence-electron chi connectivity index (χ2n) is 15.0. The van der Waals surface area contributed by atoms with Crippen LogP contribution in [-0.2, 0) is 34.4 Å². The van der Waals surface area contributed by atoms with Crippen LogP contribution in [0.2, 0.25) is 0 Å². The van der Waals surface area contributed by atoms with Crippen LogP contribution in [0.3, 0.4) is 0 Å². The largest absolute Gasteiger partial charge is 0.454 e. The molecule has 6 aliphatic rings. The fraction of sp³-hybridized carbons (Fsp3) is 0.106. The Kier molecular flexibility index (Phi) is 13.9. The zero-order valence-corrected chi connectivity index (χ0v) is 40.3. The first-order valence-corrected chi connectivity index (χ1v) is 25.4. The Labute approximate surface area is 414 Å². The van der Waals surface area contributed by atoms with Crippen molar-refractivity contribution in [3.05, 3.63) is 147 Å². The van der Waals surface area contributed by atoms with Gasteiger partial charge in [0.1, 0.15) is 5.70 Å². The predicted molar refractivity (Wildman–Crippen MR) is 265 cm³/mol. The molecule has 3 amide bonds. The Hall–Kier alpha value is -8.06. The van der Waals surface area contributed by atoms with E-state index in [1.807, 2.05) is 25.1 Å². The Morgan fingerprint density at radius 3 is 1.35 bits per heavy atom. The molecule has 3 saturated heterocycles. The number of ether oxygens (including phenoxy) is 6. The summed E-state index contributed by atoms with van der Waals surface area (Å²) < 4.78 is 88.4. The molecule has 71 heavy (non-hydrogen) atoms. The molecule has 11 rings (SSSR count). The molecule has 5 aromatic carbocycles. The highest BCUT2D eigenvalue weighted by molar-refractivity contribution is 8.19. The van der Waals surface area contributed by atoms with Crippen molar-refractivity contribution in [3.8, 4) is 34.5 Å². The van der Waals surface area contributed by atoms with Crippen molar-refractivity contribution in [1.29, 1.82) is 0 Å². The highest BCUT2D eigenvalue weighted by atomic mass is 32.2. The molecule has 0 aliphatic carbocycles. The lowest BCUT2D eigenvalue weighted by atomic mass is 10.1. The van der Waals surface area contributed by atoms with Crippen molar-refractivity contribution in [2.45, 2.75) is 16.7 Å². The molecule has 0 unspecified atom stereocenters. The fourth-order valence-electron chi connectivity index (χ4n) is 6.65. The highest BCUT2D eigenvalue weighted by Crippen LogP contribution is 2.37. The van der Waals surface area contributed by atoms with Gasteiger partial charge >= 0.3 is 0 Å². The van der Waals surface area contributed by atoms with Crippen molar-refractivity contribution in [2.24, 2.45) is 13.8 Å². The van der Waals surface area contributed by atoms with Crippen LogP contribution in [0.5, 0.6) is 34.5 Å². The monoisotopic (exact) mass is 1040 g/mol. The van der Waals surface area contributed by atoms with Gasteiger partial charge in [0.25, 0.3) is 37.8 Å². The Bertz CT molecular complexity index is 3410. The van der Waals surface area contributed by atoms with Gasteiger partial charge < -0.3 is 33.7 Å². The van der Waals surface area contributed by atoms with E-state index in [1.165, 1.54) is 24.3 Å². The number of hydrogen-bond acceptors (Lipinski definition) is 16. The van der Waals surface area contributed by atoms with E-state index < -0.39 is 31.9 Å². The molecule has 20 nitrogen and oxygen atoms in total. The number of sulfonamides is 2. The molecular formula is C47H37N7O13S4. The normalized spacial score (nSPS) is 19.6. The fourth-order valence-corrected chi connectivity index (χ4v) is 10.6. The average Bonchev–Trinajstić information content (AvgIpc) is 4.24. The van der Waals surface area contributed by atoms with Crippen LogP contribution in [0.1, 0.15) is 22.3 Å². The molecule has 6 heterocycles. The first-order valence-electron chi connectivity index (χ1n) is 20.9. The SMILES string of the molecule is CN=C1NC(=O)/C(=C/c2ccc3c(c2)OCO3)N1.Cc1ccc(S(=O)(=O)N=C2NC(=O)/C(=C/c3ccc4c(c3)OCO4)S2)cc1.O=C1NC(=NS(=O)(=O)c2ccccc2)S/C1=C\c1ccc2c(c1)OCO2. The van der Waals surface area contributed by atoms with Crippen LogP contribution >= 0.6 is 23.5 Å². The van der Waals surface area contributed by atoms with E-state index >= 15 is 0 Å². The number of carbonyl (C=O) groups excluding carboxylic acids is 3. The summed E-state index contributed by atoms with van der Waals surface area (Å²) in [7, 11) is -6.18. The lowest BCUT2D eigenvalue weighted by Gasteiger charge is -2.00. The summed E-state index contributed by atoms with van der Waals surface area (Å²) in [5, 5.41) is 10.5. The van der Waals surface area contributed by atoms with Crippen LogP contribution in [0.4, 0.5) is 0 Å². The maximum absolute atomic E-state index is 12.4. The second-order valence-corrected chi connectivity index (χ2v) is 20.3. The lowest BCUT2D eigenvalue weighted by Crippen LogP contribution is -2.24. The Balaban J connectivity index is 0.000000135. The van der Waals surface area contributed by atoms with Gasteiger partial charge in [0, 0.05) is 7.05 Å². The van der Waals surface area contributed by atoms with Crippen LogP contribution in [-0.4, -0.2) is 78.3 Å². The van der Waals surface area contributed by atoms with E-state index in [-0.39, 0.29) is 46.4 Å². The quantitative estimate of drug-likeness (QED) is 0.147. The number of amides is 3. The summed E-state index contributed by atoms with van der Waals surface area (Å²) in [5.74, 6) is 3.33. The Morgan fingerprint density at radius 2 is 0.915 bits per heavy atom. The molecule has 0 saturated carbocycles. The van der Waals surface area contributed by atoms with Gasteiger partial charge in [-0.2, -0.15) is 16.8 Å². The number of amidine groups is 2. The molecule has 0 atom stereocenters. The number of aryl methyl sites for hydroxylation is 1. The summed E-state index contributed by atoms with van der Waals surface area (Å²) in [6, 6.07) is 30.3. The van der Waals surface area contributed by atoms with Gasteiger partial charge in [-0.05, 0) is 126 Å². The number of benzene rings is 5. The topological polar surface area (TPSA) is 260 Å². The van der Waals surface area contributed by atoms with E-state index in [0.717, 1.165) is 51.5 Å². The number of thioether (sulfide) groups is 2. The third-order valence-corrected chi connectivity index (χ3v) is 14.7. The number of carbonyl (C=O) groups is 3. The summed E-state index contributed by atoms with van der Waals surface area (Å²) >= 11 is 1.94. The molecule has 0 radical (unpaired) electrons. The van der Waals surface area contributed by atoms with Crippen molar-refractivity contribution >= 4 is 95.8 Å². The molecular weight excluding hydrogens is 999 g/mol. The Morgan fingerprint density at radius 1 is 0.493 bits per heavy atom. The van der Waals surface area contributed by atoms with Crippen LogP contribution < -0.4 is 49.7 Å². The van der Waals surface area contributed by atoms with Crippen molar-refractivity contribution < 1.29 is 59.6 Å². The minimum Gasteiger partial charge on any atom is -0.454 e. The molecule has 4 N–H and O–H groups in total. The van der Waals surface area contributed by atoms with E-state index in [9.17, 15) is 31.2 Å². The summed E-state index contributed by atoms with van der Waals surface area (Å²) in [6.07, 6.45) is 5.01. The van der Waals surface area contributed by atoms with Gasteiger partial charge in [-0.15, -0.1) is 8.80 Å². The standard InChI is InChI=1S/C18H14N2O5S2.C17H12N2O5S2.C12H11N3O3/c1-11-2-5-13(6-3-11)27(22,23)20-18-19-17(21)16(26-18)9-12-4-7-14-15(8-12)25-10-24-14;20-16-15(9-11-6-7-13-14(8-11)24-10-23-13)25-17(18-16)19-26(21,22)12-4-2-1-3-5-12;1-13-12-14-8(11(16)15-12)4-7-2-3-9-10(5-7)18-6-17-9/h2-9H,10H2,1H3,(H,19,20,21);1-9H,10H2,(H,18,19,20);2-5H,6H2,1H3,(H2,13,14,15,16)/b16-9-;15-9-;8-4-. The highest BCUT2D eigenvalue weighted by Gasteiger charge is 2.29. The zero-order chi connectivity index (χ0) is 49.7. The van der Waals surface area contributed by atoms with Crippen molar-refractivity contribution in [3.63, 3.8) is 0 Å². The van der Waals surface area contributed by atoms with E-state index in [0.29, 0.717) is 50.2 Å². The van der Waals surface area contributed by atoms with Crippen LogP contribution in [0.15, 0.2) is 148 Å². The van der Waals surface area contributed by atoms with Crippen LogP contribution in [0.25, 0.3) is 18.2 Å². The zero-order valence-electron chi connectivity index (χ0n) is 37.0. The number of rotatable bonds is 7. The van der Waals surface area contributed by atoms with Gasteiger partial charge in [0.05, 0.1) is 19.6 Å². The first kappa shape index (κ1) is 48.0. The molecule has 5 aromatic rings. The first-order chi connectivity index (χ1) is 34.2. The van der Waals surface area contributed by atoms with Gasteiger partial charge in [0.15, 0.2) is 44.8 Å². The maximum atomic E-state index is 12.4. The number of hydrogen-bond donors (Lipinski definition) is 4. The number of guanidine groups is 1. The molecule has 0 spiro atoms. The average molecular weight is 1040 g/mol. The molecule has 0 bridgehead atoms. The minimum absolute atomic E-state index is 0.0193. The number of nitrogens with one attached hydrogen (secondary N) is 4. The second kappa shape index (κ2) is 20.5. The van der Waals surface area contributed by atoms with Gasteiger partial charge in [0.2, 0.25) is 26.3 Å². The molecule has 3 fully saturated rings. The summed E-state index contributed by atoms with van der Waals surface area (Å²) in [5.41, 5.74) is 3.72. The maximum Gasteiger partial charge on any atom is 0.284 e. The minimum atomic E-state index is -3.90. The van der Waals surface area contributed by atoms with E-state index in [2.05, 4.69) is 35.1 Å². The summed E-state index contributed by atoms with van der Waals surface area (Å²) in [6.45, 7) is 2.43. The van der Waals surface area contributed by atoms with Crippen molar-refractivity contribution in [2.75, 3.05) is 27.4 Å². The smallest absolute Gasteiger partial charge is 0.284 e. The number of fused-ring (bicyclic) bond motifs is 3. The van der Waals surface area contributed by atoms with Gasteiger partial charge in [-0.1, -0.05) is 54.1 Å². The van der Waals surface area contributed by atoms with E-state index in [4.69, 9.17) is 28.4 Å². The molecule has 6 aliphatic heterocycles. The summed E-state index contributed by atoms with van der Waals surface area (Å²) in [4.78, 5) is 40.6. The lowest BCUT2D eigenvalue weighted by molar-refractivity contribution is -0.116. The third-order valence-electron chi connectivity index (χ3n) is 10.1. The predicted octanol–water partition coefficient (Wildman–Crippen LogP) is 5.50. The van der Waals surface area contributed by atoms with Crippen molar-refractivity contribution in [1.82, 2.24) is 21.3 Å². The van der Waals surface area contributed by atoms with Gasteiger partial charge in [-0.25, -0.2) is 0 Å². The molecule has 0 aromatic heterocycles. The van der Waals surface area contributed by atoms with Gasteiger partial charge in [-0.3, -0.25) is 35.3 Å². The van der Waals surface area contributed by atoms with E-state index in [1.54, 1.807) is 92.0 Å². The number of nitrogens with zero attached hydrogens (tertiary/aromatic N) is 3. The van der Waals surface area contributed by atoms with Crippen LogP contribution in [0, 0.1) is 6.92 Å². The molecule has 24 heteroatoms. The number of aliphatic imine (C=N–C) groups is 1. The third kappa shape index (κ3) is 11.5. The molecule has 362 valence electrons.